The fraction of sp³-hybridized carbons (Fsp3) is 0.500. The van der Waals surface area contributed by atoms with Crippen molar-refractivity contribution in [2.45, 2.75) is 19.8 Å². The molecule has 0 aromatic carbocycles. The van der Waals surface area contributed by atoms with Crippen molar-refractivity contribution in [2.75, 3.05) is 13.1 Å². The highest BCUT2D eigenvalue weighted by atomic mass is 35.5. The molecular weight excluding hydrogens is 258 g/mol. The van der Waals surface area contributed by atoms with Crippen LogP contribution >= 0.6 is 22.9 Å². The lowest BCUT2D eigenvalue weighted by Gasteiger charge is -2.14. The number of carbonyl (C=O) groups is 2. The third-order valence-electron chi connectivity index (χ3n) is 3.05. The van der Waals surface area contributed by atoms with Gasteiger partial charge in [0.2, 0.25) is 5.91 Å². The molecule has 1 amide bonds. The first-order chi connectivity index (χ1) is 8.10. The Hall–Kier alpha value is -0.870. The van der Waals surface area contributed by atoms with Crippen LogP contribution in [0.2, 0.25) is 4.34 Å². The van der Waals surface area contributed by atoms with E-state index in [4.69, 9.17) is 11.6 Å². The van der Waals surface area contributed by atoms with E-state index in [1.165, 1.54) is 11.3 Å². The number of hydrogen-bond acceptors (Lipinski definition) is 3. The molecule has 2 heterocycles. The molecule has 1 saturated heterocycles. The van der Waals surface area contributed by atoms with E-state index in [0.717, 1.165) is 6.42 Å². The van der Waals surface area contributed by atoms with Gasteiger partial charge in [-0.05, 0) is 18.1 Å². The Labute approximate surface area is 109 Å². The molecule has 3 nitrogen and oxygen atoms in total. The third-order valence-corrected chi connectivity index (χ3v) is 4.33. The summed E-state index contributed by atoms with van der Waals surface area (Å²) in [6.45, 7) is 2.97. The molecule has 2 rings (SSSR count). The van der Waals surface area contributed by atoms with Gasteiger partial charge in [-0.25, -0.2) is 0 Å². The summed E-state index contributed by atoms with van der Waals surface area (Å²) in [7, 11) is 0. The van der Waals surface area contributed by atoms with Crippen LogP contribution in [0.4, 0.5) is 0 Å². The molecule has 1 aliphatic heterocycles. The summed E-state index contributed by atoms with van der Waals surface area (Å²) in [5.74, 6) is 0.474. The first kappa shape index (κ1) is 12.6. The normalized spacial score (nSPS) is 20.0. The standard InChI is InChI=1S/C12H14ClNO2S/c1-2-8-5-12(16)14(6-8)7-9(15)10-3-4-11(13)17-10/h3-4,8H,2,5-7H2,1H3. The summed E-state index contributed by atoms with van der Waals surface area (Å²) in [6, 6.07) is 3.42. The highest BCUT2D eigenvalue weighted by molar-refractivity contribution is 7.18. The van der Waals surface area contributed by atoms with Crippen molar-refractivity contribution in [3.8, 4) is 0 Å². The van der Waals surface area contributed by atoms with Gasteiger partial charge in [0.05, 0.1) is 15.8 Å². The van der Waals surface area contributed by atoms with Crippen LogP contribution in [0.5, 0.6) is 0 Å². The van der Waals surface area contributed by atoms with Crippen LogP contribution in [0.3, 0.4) is 0 Å². The maximum Gasteiger partial charge on any atom is 0.223 e. The Morgan fingerprint density at radius 2 is 2.35 bits per heavy atom. The van der Waals surface area contributed by atoms with E-state index in [9.17, 15) is 9.59 Å². The Balaban J connectivity index is 1.98. The zero-order chi connectivity index (χ0) is 12.4. The number of hydrogen-bond donors (Lipinski definition) is 0. The summed E-state index contributed by atoms with van der Waals surface area (Å²) in [5, 5.41) is 0. The van der Waals surface area contributed by atoms with Crippen molar-refractivity contribution in [1.82, 2.24) is 4.90 Å². The van der Waals surface area contributed by atoms with Crippen LogP contribution in [-0.2, 0) is 4.79 Å². The summed E-state index contributed by atoms with van der Waals surface area (Å²) in [5.41, 5.74) is 0. The molecule has 5 heteroatoms. The lowest BCUT2D eigenvalue weighted by Crippen LogP contribution is -2.31. The number of thiophene rings is 1. The lowest BCUT2D eigenvalue weighted by molar-refractivity contribution is -0.127. The van der Waals surface area contributed by atoms with E-state index < -0.39 is 0 Å². The van der Waals surface area contributed by atoms with Crippen LogP contribution in [0, 0.1) is 5.92 Å². The molecule has 1 atom stereocenters. The Morgan fingerprint density at radius 3 is 2.88 bits per heavy atom. The predicted octanol–water partition coefficient (Wildman–Crippen LogP) is 2.84. The van der Waals surface area contributed by atoms with Crippen molar-refractivity contribution in [2.24, 2.45) is 5.92 Å². The average molecular weight is 272 g/mol. The molecule has 0 radical (unpaired) electrons. The number of Topliss-reactive ketones (excluding diaryl/α,β-unsaturated/α-hetero) is 1. The number of halogens is 1. The molecule has 0 bridgehead atoms. The second-order valence-corrected chi connectivity index (χ2v) is 5.99. The minimum atomic E-state index is -0.0213. The fourth-order valence-corrected chi connectivity index (χ4v) is 2.97. The fourth-order valence-electron chi connectivity index (χ4n) is 2.00. The molecule has 1 aromatic rings. The second kappa shape index (κ2) is 5.19. The maximum atomic E-state index is 11.9. The van der Waals surface area contributed by atoms with Crippen molar-refractivity contribution in [3.05, 3.63) is 21.3 Å². The number of likely N-dealkylation sites (tertiary alicyclic amines) is 1. The van der Waals surface area contributed by atoms with Crippen LogP contribution in [0.25, 0.3) is 0 Å². The van der Waals surface area contributed by atoms with Crippen LogP contribution in [0.1, 0.15) is 29.4 Å². The topological polar surface area (TPSA) is 37.4 Å². The first-order valence-corrected chi connectivity index (χ1v) is 6.86. The van der Waals surface area contributed by atoms with Crippen LogP contribution < -0.4 is 0 Å². The Bertz CT molecular complexity index is 443. The molecule has 1 fully saturated rings. The average Bonchev–Trinajstić information content (AvgIpc) is 2.86. The van der Waals surface area contributed by atoms with E-state index in [0.29, 0.717) is 28.1 Å². The van der Waals surface area contributed by atoms with Gasteiger partial charge in [-0.15, -0.1) is 11.3 Å². The Morgan fingerprint density at radius 1 is 1.59 bits per heavy atom. The summed E-state index contributed by atoms with van der Waals surface area (Å²) in [4.78, 5) is 25.9. The van der Waals surface area contributed by atoms with E-state index in [1.54, 1.807) is 17.0 Å². The number of ketones is 1. The minimum absolute atomic E-state index is 0.0213. The number of amides is 1. The van der Waals surface area contributed by atoms with Crippen molar-refractivity contribution < 1.29 is 9.59 Å². The molecule has 0 spiro atoms. The van der Waals surface area contributed by atoms with Crippen LogP contribution in [0.15, 0.2) is 12.1 Å². The number of nitrogens with zero attached hydrogens (tertiary/aromatic N) is 1. The van der Waals surface area contributed by atoms with Gasteiger partial charge in [0.15, 0.2) is 5.78 Å². The predicted molar refractivity (Wildman–Crippen MR) is 68.6 cm³/mol. The van der Waals surface area contributed by atoms with E-state index in [2.05, 4.69) is 6.92 Å². The molecule has 1 aliphatic rings. The molecule has 1 unspecified atom stereocenters. The van der Waals surface area contributed by atoms with Gasteiger partial charge in [0.1, 0.15) is 0 Å². The van der Waals surface area contributed by atoms with E-state index >= 15 is 0 Å². The smallest absolute Gasteiger partial charge is 0.223 e. The highest BCUT2D eigenvalue weighted by Crippen LogP contribution is 2.24. The monoisotopic (exact) mass is 271 g/mol. The van der Waals surface area contributed by atoms with Gasteiger partial charge in [0.25, 0.3) is 0 Å². The molecule has 17 heavy (non-hydrogen) atoms. The summed E-state index contributed by atoms with van der Waals surface area (Å²) >= 11 is 7.05. The first-order valence-electron chi connectivity index (χ1n) is 5.66. The maximum absolute atomic E-state index is 11.9. The van der Waals surface area contributed by atoms with Gasteiger partial charge in [-0.1, -0.05) is 24.9 Å². The van der Waals surface area contributed by atoms with Gasteiger partial charge in [-0.2, -0.15) is 0 Å². The third kappa shape index (κ3) is 2.87. The molecular formula is C12H14ClNO2S. The summed E-state index contributed by atoms with van der Waals surface area (Å²) in [6.07, 6.45) is 1.57. The van der Waals surface area contributed by atoms with Gasteiger partial charge < -0.3 is 4.90 Å². The van der Waals surface area contributed by atoms with Gasteiger partial charge >= 0.3 is 0 Å². The number of rotatable bonds is 4. The van der Waals surface area contributed by atoms with Crippen molar-refractivity contribution in [3.63, 3.8) is 0 Å². The summed E-state index contributed by atoms with van der Waals surface area (Å²) < 4.78 is 0.604. The molecule has 0 saturated carbocycles. The molecule has 0 aliphatic carbocycles. The SMILES string of the molecule is CCC1CC(=O)N(CC(=O)c2ccc(Cl)s2)C1. The largest absolute Gasteiger partial charge is 0.335 e. The van der Waals surface area contributed by atoms with Crippen molar-refractivity contribution >= 4 is 34.6 Å². The van der Waals surface area contributed by atoms with Gasteiger partial charge in [-0.3, -0.25) is 9.59 Å². The van der Waals surface area contributed by atoms with Gasteiger partial charge in [0, 0.05) is 13.0 Å². The molecule has 92 valence electrons. The quantitative estimate of drug-likeness (QED) is 0.790. The zero-order valence-electron chi connectivity index (χ0n) is 9.61. The van der Waals surface area contributed by atoms with Crippen LogP contribution in [-0.4, -0.2) is 29.7 Å². The van der Waals surface area contributed by atoms with E-state index in [-0.39, 0.29) is 18.2 Å². The molecule has 0 N–H and O–H groups in total. The zero-order valence-corrected chi connectivity index (χ0v) is 11.2. The van der Waals surface area contributed by atoms with E-state index in [1.807, 2.05) is 0 Å². The number of carbonyl (C=O) groups excluding carboxylic acids is 2. The highest BCUT2D eigenvalue weighted by Gasteiger charge is 2.29. The lowest BCUT2D eigenvalue weighted by atomic mass is 10.1. The Kier molecular flexibility index (Phi) is 3.84. The van der Waals surface area contributed by atoms with Crippen molar-refractivity contribution in [1.29, 1.82) is 0 Å². The molecule has 1 aromatic heterocycles. The second-order valence-electron chi connectivity index (χ2n) is 4.28. The minimum Gasteiger partial charge on any atom is -0.335 e.